The fourth-order valence-corrected chi connectivity index (χ4v) is 2.74. The molecule has 0 fully saturated rings. The lowest BCUT2D eigenvalue weighted by atomic mass is 10.1. The van der Waals surface area contributed by atoms with Gasteiger partial charge in [0, 0.05) is 13.6 Å². The van der Waals surface area contributed by atoms with Crippen molar-refractivity contribution in [1.82, 2.24) is 19.1 Å². The van der Waals surface area contributed by atoms with E-state index in [0.717, 1.165) is 12.0 Å². The summed E-state index contributed by atoms with van der Waals surface area (Å²) in [6, 6.07) is 7.95. The van der Waals surface area contributed by atoms with Crippen LogP contribution in [0.15, 0.2) is 39.0 Å². The van der Waals surface area contributed by atoms with Crippen molar-refractivity contribution in [2.24, 2.45) is 18.1 Å². The van der Waals surface area contributed by atoms with E-state index in [4.69, 9.17) is 0 Å². The van der Waals surface area contributed by atoms with Crippen LogP contribution in [0.1, 0.15) is 31.4 Å². The van der Waals surface area contributed by atoms with Gasteiger partial charge < -0.3 is 4.57 Å². The molecule has 0 atom stereocenters. The van der Waals surface area contributed by atoms with E-state index in [1.165, 1.54) is 10.1 Å². The predicted octanol–water partition coefficient (Wildman–Crippen LogP) is 2.22. The minimum atomic E-state index is -0.490. The van der Waals surface area contributed by atoms with Gasteiger partial charge in [0.15, 0.2) is 11.2 Å². The Morgan fingerprint density at radius 3 is 2.63 bits per heavy atom. The standard InChI is InChI=1S/C19H24N6O2/c1-12(2)9-10-25-15-16(24(4)19(27)22-17(15)26)21-18(25)23-20-11-14-7-5-13(3)6-8-14/h5-8,11-12H,9-10H2,1-4H3,(H,21,23)(H,22,26,27)/b20-11+. The Kier molecular flexibility index (Phi) is 5.25. The Bertz CT molecular complexity index is 1090. The molecule has 0 bridgehead atoms. The molecule has 0 radical (unpaired) electrons. The van der Waals surface area contributed by atoms with E-state index in [1.54, 1.807) is 17.8 Å². The summed E-state index contributed by atoms with van der Waals surface area (Å²) in [5.74, 6) is 0.888. The van der Waals surface area contributed by atoms with E-state index in [1.807, 2.05) is 31.2 Å². The summed E-state index contributed by atoms with van der Waals surface area (Å²) in [5.41, 5.74) is 4.81. The lowest BCUT2D eigenvalue weighted by Gasteiger charge is -2.09. The Balaban J connectivity index is 2.00. The van der Waals surface area contributed by atoms with Gasteiger partial charge >= 0.3 is 5.69 Å². The summed E-state index contributed by atoms with van der Waals surface area (Å²) in [5, 5.41) is 4.25. The molecule has 2 heterocycles. The molecule has 0 aliphatic heterocycles. The van der Waals surface area contributed by atoms with Gasteiger partial charge in [0.05, 0.1) is 6.21 Å². The molecule has 0 aliphatic carbocycles. The lowest BCUT2D eigenvalue weighted by molar-refractivity contribution is 0.524. The van der Waals surface area contributed by atoms with Gasteiger partial charge in [-0.15, -0.1) is 0 Å². The second-order valence-electron chi connectivity index (χ2n) is 7.04. The molecule has 0 amide bonds. The number of benzene rings is 1. The quantitative estimate of drug-likeness (QED) is 0.515. The monoisotopic (exact) mass is 368 g/mol. The summed E-state index contributed by atoms with van der Waals surface area (Å²) in [4.78, 5) is 31.0. The SMILES string of the molecule is Cc1ccc(/C=N/Nc2nc3c(c(=O)[nH]c(=O)n3C)n2CCC(C)C)cc1. The highest BCUT2D eigenvalue weighted by atomic mass is 16.2. The average molecular weight is 368 g/mol. The van der Waals surface area contributed by atoms with Crippen molar-refractivity contribution in [3.8, 4) is 0 Å². The van der Waals surface area contributed by atoms with E-state index < -0.39 is 11.2 Å². The molecule has 8 nitrogen and oxygen atoms in total. The van der Waals surface area contributed by atoms with Gasteiger partial charge in [0.1, 0.15) is 0 Å². The molecule has 0 unspecified atom stereocenters. The topological polar surface area (TPSA) is 97.1 Å². The Morgan fingerprint density at radius 1 is 1.26 bits per heavy atom. The van der Waals surface area contributed by atoms with Crippen LogP contribution in [0.25, 0.3) is 11.2 Å². The molecule has 2 N–H and O–H groups in total. The van der Waals surface area contributed by atoms with Crippen LogP contribution in [-0.2, 0) is 13.6 Å². The van der Waals surface area contributed by atoms with Gasteiger partial charge in [0.25, 0.3) is 5.56 Å². The first kappa shape index (κ1) is 18.6. The van der Waals surface area contributed by atoms with Crippen LogP contribution in [-0.4, -0.2) is 25.3 Å². The van der Waals surface area contributed by atoms with Crippen molar-refractivity contribution in [1.29, 1.82) is 0 Å². The van der Waals surface area contributed by atoms with Crippen LogP contribution in [0.4, 0.5) is 5.95 Å². The third-order valence-electron chi connectivity index (χ3n) is 4.39. The first-order chi connectivity index (χ1) is 12.9. The fourth-order valence-electron chi connectivity index (χ4n) is 2.74. The molecule has 1 aromatic carbocycles. The highest BCUT2D eigenvalue weighted by molar-refractivity contribution is 5.80. The maximum atomic E-state index is 12.4. The molecule has 3 rings (SSSR count). The van der Waals surface area contributed by atoms with Crippen LogP contribution in [0.5, 0.6) is 0 Å². The van der Waals surface area contributed by atoms with Crippen molar-refractivity contribution in [2.45, 2.75) is 33.7 Å². The van der Waals surface area contributed by atoms with Crippen LogP contribution >= 0.6 is 0 Å². The predicted molar refractivity (Wildman–Crippen MR) is 107 cm³/mol. The Labute approximate surface area is 156 Å². The second-order valence-corrected chi connectivity index (χ2v) is 7.04. The van der Waals surface area contributed by atoms with Gasteiger partial charge in [-0.1, -0.05) is 43.7 Å². The average Bonchev–Trinajstić information content (AvgIpc) is 2.99. The zero-order chi connectivity index (χ0) is 19.6. The molecule has 27 heavy (non-hydrogen) atoms. The van der Waals surface area contributed by atoms with Crippen LogP contribution in [0.2, 0.25) is 0 Å². The van der Waals surface area contributed by atoms with E-state index in [2.05, 4.69) is 34.3 Å². The van der Waals surface area contributed by atoms with Crippen LogP contribution in [0, 0.1) is 12.8 Å². The number of hydrogen-bond donors (Lipinski definition) is 2. The highest BCUT2D eigenvalue weighted by Gasteiger charge is 2.17. The summed E-state index contributed by atoms with van der Waals surface area (Å²) in [6.07, 6.45) is 2.55. The van der Waals surface area contributed by atoms with Gasteiger partial charge in [-0.05, 0) is 24.8 Å². The number of aromatic amines is 1. The zero-order valence-electron chi connectivity index (χ0n) is 16.0. The first-order valence-corrected chi connectivity index (χ1v) is 8.92. The van der Waals surface area contributed by atoms with Gasteiger partial charge in [-0.2, -0.15) is 10.1 Å². The second kappa shape index (κ2) is 7.61. The summed E-state index contributed by atoms with van der Waals surface area (Å²) < 4.78 is 3.11. The number of H-pyrrole nitrogens is 1. The minimum absolute atomic E-state index is 0.334. The molecular weight excluding hydrogens is 344 g/mol. The van der Waals surface area contributed by atoms with Crippen molar-refractivity contribution < 1.29 is 0 Å². The number of imidazole rings is 1. The first-order valence-electron chi connectivity index (χ1n) is 8.92. The number of anilines is 1. The summed E-state index contributed by atoms with van der Waals surface area (Å²) in [6.45, 7) is 6.85. The number of aryl methyl sites for hydroxylation is 3. The van der Waals surface area contributed by atoms with Crippen molar-refractivity contribution in [3.63, 3.8) is 0 Å². The number of rotatable bonds is 6. The molecular formula is C19H24N6O2. The molecule has 0 aliphatic rings. The van der Waals surface area contributed by atoms with E-state index in [9.17, 15) is 9.59 Å². The number of fused-ring (bicyclic) bond motifs is 1. The number of hydrazone groups is 1. The zero-order valence-corrected chi connectivity index (χ0v) is 16.0. The number of nitrogens with zero attached hydrogens (tertiary/aromatic N) is 4. The van der Waals surface area contributed by atoms with Gasteiger partial charge in [0.2, 0.25) is 5.95 Å². The number of aromatic nitrogens is 4. The third kappa shape index (κ3) is 3.99. The number of hydrogen-bond acceptors (Lipinski definition) is 5. The minimum Gasteiger partial charge on any atom is -0.303 e. The smallest absolute Gasteiger partial charge is 0.303 e. The Hall–Kier alpha value is -3.16. The third-order valence-corrected chi connectivity index (χ3v) is 4.39. The summed E-state index contributed by atoms with van der Waals surface area (Å²) >= 11 is 0. The van der Waals surface area contributed by atoms with E-state index in [0.29, 0.717) is 29.6 Å². The summed E-state index contributed by atoms with van der Waals surface area (Å²) in [7, 11) is 1.58. The van der Waals surface area contributed by atoms with Crippen LogP contribution in [0.3, 0.4) is 0 Å². The van der Waals surface area contributed by atoms with E-state index >= 15 is 0 Å². The molecule has 0 saturated carbocycles. The van der Waals surface area contributed by atoms with Crippen molar-refractivity contribution in [3.05, 3.63) is 56.2 Å². The maximum absolute atomic E-state index is 12.4. The fraction of sp³-hybridized carbons (Fsp3) is 0.368. The molecule has 3 aromatic rings. The Morgan fingerprint density at radius 2 is 1.96 bits per heavy atom. The van der Waals surface area contributed by atoms with Crippen molar-refractivity contribution in [2.75, 3.05) is 5.43 Å². The van der Waals surface area contributed by atoms with Gasteiger partial charge in [-0.3, -0.25) is 14.3 Å². The molecule has 2 aromatic heterocycles. The number of nitrogens with one attached hydrogen (secondary N) is 2. The largest absolute Gasteiger partial charge is 0.329 e. The highest BCUT2D eigenvalue weighted by Crippen LogP contribution is 2.17. The molecule has 0 spiro atoms. The molecule has 0 saturated heterocycles. The van der Waals surface area contributed by atoms with Crippen LogP contribution < -0.4 is 16.7 Å². The normalized spacial score (nSPS) is 11.7. The van der Waals surface area contributed by atoms with E-state index in [-0.39, 0.29) is 0 Å². The molecule has 142 valence electrons. The maximum Gasteiger partial charge on any atom is 0.329 e. The van der Waals surface area contributed by atoms with Crippen molar-refractivity contribution >= 4 is 23.3 Å². The lowest BCUT2D eigenvalue weighted by Crippen LogP contribution is -2.29. The van der Waals surface area contributed by atoms with Gasteiger partial charge in [-0.25, -0.2) is 10.2 Å². The molecule has 8 heteroatoms.